The van der Waals surface area contributed by atoms with E-state index >= 15 is 0 Å². The van der Waals surface area contributed by atoms with E-state index < -0.39 is 0 Å². The molecular formula is C12H16S. The topological polar surface area (TPSA) is 0 Å². The molecule has 0 spiro atoms. The lowest BCUT2D eigenvalue weighted by molar-refractivity contribution is 1.45. The first kappa shape index (κ1) is 10.4. The van der Waals surface area contributed by atoms with Crippen molar-refractivity contribution in [2.45, 2.75) is 20.8 Å². The molecule has 0 aromatic heterocycles. The normalized spacial score (nSPS) is 11.8. The van der Waals surface area contributed by atoms with Crippen LogP contribution >= 0.6 is 11.8 Å². The molecule has 0 radical (unpaired) electrons. The Hall–Kier alpha value is -0.690. The summed E-state index contributed by atoms with van der Waals surface area (Å²) < 4.78 is 0. The van der Waals surface area contributed by atoms with E-state index in [1.165, 1.54) is 16.7 Å². The van der Waals surface area contributed by atoms with Gasteiger partial charge < -0.3 is 0 Å². The Morgan fingerprint density at radius 3 is 2.46 bits per heavy atom. The monoisotopic (exact) mass is 192 g/mol. The summed E-state index contributed by atoms with van der Waals surface area (Å²) in [5, 5.41) is 2.23. The second-order valence-electron chi connectivity index (χ2n) is 3.12. The lowest BCUT2D eigenvalue weighted by atomic mass is 10.1. The highest BCUT2D eigenvalue weighted by atomic mass is 32.2. The molecule has 0 heterocycles. The molecule has 0 N–H and O–H groups in total. The van der Waals surface area contributed by atoms with Gasteiger partial charge in [0.15, 0.2) is 0 Å². The van der Waals surface area contributed by atoms with Gasteiger partial charge in [-0.15, -0.1) is 11.8 Å². The highest BCUT2D eigenvalue weighted by Crippen LogP contribution is 2.18. The third-order valence-electron chi connectivity index (χ3n) is 1.93. The van der Waals surface area contributed by atoms with Crippen LogP contribution in [0.15, 0.2) is 29.7 Å². The summed E-state index contributed by atoms with van der Waals surface area (Å²) in [7, 11) is 0. The van der Waals surface area contributed by atoms with E-state index in [0.717, 1.165) is 5.75 Å². The van der Waals surface area contributed by atoms with E-state index in [2.05, 4.69) is 50.4 Å². The predicted molar refractivity (Wildman–Crippen MR) is 63.0 cm³/mol. The maximum Gasteiger partial charge on any atom is -0.00543 e. The zero-order valence-electron chi connectivity index (χ0n) is 8.50. The first-order valence-electron chi connectivity index (χ1n) is 4.59. The van der Waals surface area contributed by atoms with Gasteiger partial charge in [-0.05, 0) is 36.1 Å². The molecule has 0 aliphatic rings. The molecule has 0 nitrogen and oxygen atoms in total. The summed E-state index contributed by atoms with van der Waals surface area (Å²) in [4.78, 5) is 0. The third kappa shape index (κ3) is 3.27. The van der Waals surface area contributed by atoms with Crippen molar-refractivity contribution < 1.29 is 0 Å². The molecule has 0 aliphatic carbocycles. The first-order chi connectivity index (χ1) is 6.24. The molecule has 0 unspecified atom stereocenters. The summed E-state index contributed by atoms with van der Waals surface area (Å²) in [6.45, 7) is 6.44. The lowest BCUT2D eigenvalue weighted by Crippen LogP contribution is -1.79. The van der Waals surface area contributed by atoms with E-state index in [0.29, 0.717) is 0 Å². The SMILES string of the molecule is CCS/C=C(\C)c1ccc(C)cc1. The van der Waals surface area contributed by atoms with E-state index in [-0.39, 0.29) is 0 Å². The number of thioether (sulfide) groups is 1. The average molecular weight is 192 g/mol. The van der Waals surface area contributed by atoms with Gasteiger partial charge in [0, 0.05) is 0 Å². The van der Waals surface area contributed by atoms with Crippen LogP contribution in [0.3, 0.4) is 0 Å². The van der Waals surface area contributed by atoms with Gasteiger partial charge in [-0.3, -0.25) is 0 Å². The minimum Gasteiger partial charge on any atom is -0.134 e. The van der Waals surface area contributed by atoms with E-state index in [1.807, 2.05) is 11.8 Å². The highest BCUT2D eigenvalue weighted by Gasteiger charge is 1.93. The van der Waals surface area contributed by atoms with Gasteiger partial charge in [-0.2, -0.15) is 0 Å². The minimum absolute atomic E-state index is 1.14. The molecule has 0 fully saturated rings. The molecule has 0 saturated carbocycles. The van der Waals surface area contributed by atoms with Gasteiger partial charge in [0.25, 0.3) is 0 Å². The molecule has 0 aliphatic heterocycles. The number of rotatable bonds is 3. The zero-order chi connectivity index (χ0) is 9.68. The molecule has 1 heteroatoms. The smallest absolute Gasteiger partial charge is 0.00543 e. The average Bonchev–Trinajstić information content (AvgIpc) is 2.15. The van der Waals surface area contributed by atoms with Crippen LogP contribution in [0.1, 0.15) is 25.0 Å². The Morgan fingerprint density at radius 1 is 1.31 bits per heavy atom. The maximum atomic E-state index is 2.23. The molecule has 70 valence electrons. The van der Waals surface area contributed by atoms with Crippen LogP contribution in [0.4, 0.5) is 0 Å². The standard InChI is InChI=1S/C12H16S/c1-4-13-9-11(3)12-7-5-10(2)6-8-12/h5-9H,4H2,1-3H3/b11-9+. The molecular weight excluding hydrogens is 176 g/mol. The summed E-state index contributed by atoms with van der Waals surface area (Å²) in [5.74, 6) is 1.14. The number of allylic oxidation sites excluding steroid dienone is 1. The van der Waals surface area contributed by atoms with Crippen molar-refractivity contribution >= 4 is 17.3 Å². The van der Waals surface area contributed by atoms with Crippen LogP contribution in [-0.2, 0) is 0 Å². The predicted octanol–water partition coefficient (Wildman–Crippen LogP) is 4.11. The van der Waals surface area contributed by atoms with Crippen LogP contribution in [0.25, 0.3) is 5.57 Å². The molecule has 0 saturated heterocycles. The zero-order valence-corrected chi connectivity index (χ0v) is 9.32. The van der Waals surface area contributed by atoms with E-state index in [4.69, 9.17) is 0 Å². The van der Waals surface area contributed by atoms with Crippen molar-refractivity contribution in [2.75, 3.05) is 5.75 Å². The summed E-state index contributed by atoms with van der Waals surface area (Å²) >= 11 is 1.85. The Labute approximate surface area is 85.1 Å². The molecule has 13 heavy (non-hydrogen) atoms. The molecule has 0 atom stereocenters. The van der Waals surface area contributed by atoms with Crippen LogP contribution in [-0.4, -0.2) is 5.75 Å². The van der Waals surface area contributed by atoms with Gasteiger partial charge in [-0.1, -0.05) is 36.8 Å². The van der Waals surface area contributed by atoms with Crippen molar-refractivity contribution in [1.29, 1.82) is 0 Å². The minimum atomic E-state index is 1.14. The quantitative estimate of drug-likeness (QED) is 0.694. The van der Waals surface area contributed by atoms with Gasteiger partial charge in [0.05, 0.1) is 0 Å². The fourth-order valence-electron chi connectivity index (χ4n) is 1.09. The number of aryl methyl sites for hydroxylation is 1. The third-order valence-corrected chi connectivity index (χ3v) is 2.79. The van der Waals surface area contributed by atoms with Crippen LogP contribution < -0.4 is 0 Å². The Balaban J connectivity index is 2.77. The Morgan fingerprint density at radius 2 is 1.92 bits per heavy atom. The molecule has 1 rings (SSSR count). The van der Waals surface area contributed by atoms with E-state index in [1.54, 1.807) is 0 Å². The van der Waals surface area contributed by atoms with Crippen LogP contribution in [0, 0.1) is 6.92 Å². The fourth-order valence-corrected chi connectivity index (χ4v) is 1.65. The van der Waals surface area contributed by atoms with Crippen molar-refractivity contribution in [3.8, 4) is 0 Å². The van der Waals surface area contributed by atoms with Gasteiger partial charge in [0.1, 0.15) is 0 Å². The van der Waals surface area contributed by atoms with Crippen LogP contribution in [0.5, 0.6) is 0 Å². The van der Waals surface area contributed by atoms with Crippen molar-refractivity contribution in [2.24, 2.45) is 0 Å². The second kappa shape index (κ2) is 5.13. The number of benzene rings is 1. The molecule has 0 bridgehead atoms. The van der Waals surface area contributed by atoms with Gasteiger partial charge in [0.2, 0.25) is 0 Å². The van der Waals surface area contributed by atoms with E-state index in [9.17, 15) is 0 Å². The Bertz CT molecular complexity index is 282. The van der Waals surface area contributed by atoms with Gasteiger partial charge >= 0.3 is 0 Å². The fraction of sp³-hybridized carbons (Fsp3) is 0.333. The lowest BCUT2D eigenvalue weighted by Gasteiger charge is -2.01. The maximum absolute atomic E-state index is 2.23. The molecule has 0 amide bonds. The number of hydrogen-bond acceptors (Lipinski definition) is 1. The second-order valence-corrected chi connectivity index (χ2v) is 4.27. The summed E-state index contributed by atoms with van der Waals surface area (Å²) in [5.41, 5.74) is 4.00. The summed E-state index contributed by atoms with van der Waals surface area (Å²) in [6, 6.07) is 8.67. The van der Waals surface area contributed by atoms with Crippen LogP contribution in [0.2, 0.25) is 0 Å². The van der Waals surface area contributed by atoms with Crippen molar-refractivity contribution in [3.63, 3.8) is 0 Å². The van der Waals surface area contributed by atoms with Gasteiger partial charge in [-0.25, -0.2) is 0 Å². The first-order valence-corrected chi connectivity index (χ1v) is 5.64. The molecule has 1 aromatic rings. The molecule has 1 aromatic carbocycles. The number of hydrogen-bond donors (Lipinski definition) is 0. The largest absolute Gasteiger partial charge is 0.134 e. The Kier molecular flexibility index (Phi) is 4.10. The highest BCUT2D eigenvalue weighted by molar-refractivity contribution is 8.02. The summed E-state index contributed by atoms with van der Waals surface area (Å²) in [6.07, 6.45) is 0. The van der Waals surface area contributed by atoms with Crippen molar-refractivity contribution in [3.05, 3.63) is 40.8 Å². The van der Waals surface area contributed by atoms with Crippen molar-refractivity contribution in [1.82, 2.24) is 0 Å².